The Morgan fingerprint density at radius 1 is 1.41 bits per heavy atom. The Bertz CT molecular complexity index is 715. The van der Waals surface area contributed by atoms with Gasteiger partial charge in [0.15, 0.2) is 5.96 Å². The number of rotatable bonds is 7. The molecule has 2 rings (SSSR count). The van der Waals surface area contributed by atoms with E-state index in [1.165, 1.54) is 5.56 Å². The number of hydrogen-bond acceptors (Lipinski definition) is 4. The topological polar surface area (TPSA) is 75.0 Å². The summed E-state index contributed by atoms with van der Waals surface area (Å²) in [7, 11) is 5.74. The van der Waals surface area contributed by atoms with Crippen molar-refractivity contribution in [1.82, 2.24) is 24.9 Å². The maximum atomic E-state index is 12.5. The first-order chi connectivity index (χ1) is 13.5. The van der Waals surface area contributed by atoms with E-state index in [1.807, 2.05) is 44.4 Å². The molecule has 1 heterocycles. The molecule has 0 unspecified atom stereocenters. The lowest BCUT2D eigenvalue weighted by molar-refractivity contribution is 0.0237. The SMILES string of the molecule is CN=C(NCCN(C(=O)OC(C)(C)C)C1CC1)N(C)Cc1cn(C)nc1C(C)C. The van der Waals surface area contributed by atoms with Gasteiger partial charge in [0, 0.05) is 58.6 Å². The number of amides is 1. The van der Waals surface area contributed by atoms with Crippen molar-refractivity contribution in [3.63, 3.8) is 0 Å². The molecule has 1 saturated carbocycles. The fraction of sp³-hybridized carbons (Fsp3) is 0.762. The van der Waals surface area contributed by atoms with E-state index in [9.17, 15) is 4.79 Å². The van der Waals surface area contributed by atoms with Crippen molar-refractivity contribution in [2.24, 2.45) is 12.0 Å². The highest BCUT2D eigenvalue weighted by Crippen LogP contribution is 2.28. The van der Waals surface area contributed by atoms with E-state index >= 15 is 0 Å². The Kier molecular flexibility index (Phi) is 7.54. The molecule has 0 radical (unpaired) electrons. The number of aromatic nitrogens is 2. The molecule has 164 valence electrons. The van der Waals surface area contributed by atoms with Crippen LogP contribution >= 0.6 is 0 Å². The maximum absolute atomic E-state index is 12.5. The summed E-state index contributed by atoms with van der Waals surface area (Å²) in [6.45, 7) is 11.9. The van der Waals surface area contributed by atoms with E-state index in [-0.39, 0.29) is 6.09 Å². The first-order valence-corrected chi connectivity index (χ1v) is 10.5. The zero-order valence-corrected chi connectivity index (χ0v) is 19.3. The molecule has 1 fully saturated rings. The molecule has 1 aliphatic carbocycles. The molecule has 1 amide bonds. The Morgan fingerprint density at radius 2 is 2.07 bits per heavy atom. The predicted octanol–water partition coefficient (Wildman–Crippen LogP) is 2.95. The summed E-state index contributed by atoms with van der Waals surface area (Å²) in [5.74, 6) is 1.17. The number of ether oxygens (including phenoxy) is 1. The smallest absolute Gasteiger partial charge is 0.410 e. The quantitative estimate of drug-likeness (QED) is 0.557. The van der Waals surface area contributed by atoms with Gasteiger partial charge < -0.3 is 19.9 Å². The fourth-order valence-corrected chi connectivity index (χ4v) is 3.30. The van der Waals surface area contributed by atoms with Gasteiger partial charge in [0.2, 0.25) is 0 Å². The standard InChI is InChI=1S/C21H38N6O2/c1-15(2)18-16(14-26(8)24-18)13-25(7)19(22-6)23-11-12-27(17-9-10-17)20(28)29-21(3,4)5/h14-15,17H,9-13H2,1-8H3,(H,22,23). The van der Waals surface area contributed by atoms with Crippen molar-refractivity contribution in [3.05, 3.63) is 17.5 Å². The molecule has 0 bridgehead atoms. The van der Waals surface area contributed by atoms with Crippen molar-refractivity contribution in [2.75, 3.05) is 27.2 Å². The molecule has 0 atom stereocenters. The first-order valence-electron chi connectivity index (χ1n) is 10.5. The lowest BCUT2D eigenvalue weighted by Gasteiger charge is -2.28. The van der Waals surface area contributed by atoms with Gasteiger partial charge in [-0.15, -0.1) is 0 Å². The Morgan fingerprint density at radius 3 is 2.59 bits per heavy atom. The minimum atomic E-state index is -0.480. The highest BCUT2D eigenvalue weighted by molar-refractivity contribution is 5.79. The second-order valence-electron chi connectivity index (χ2n) is 9.10. The number of carbonyl (C=O) groups excluding carboxylic acids is 1. The van der Waals surface area contributed by atoms with Gasteiger partial charge in [0.25, 0.3) is 0 Å². The van der Waals surface area contributed by atoms with Gasteiger partial charge in [0.1, 0.15) is 5.60 Å². The van der Waals surface area contributed by atoms with Gasteiger partial charge in [-0.3, -0.25) is 9.67 Å². The zero-order chi connectivity index (χ0) is 21.8. The molecule has 0 saturated heterocycles. The molecule has 1 aromatic heterocycles. The highest BCUT2D eigenvalue weighted by Gasteiger charge is 2.34. The van der Waals surface area contributed by atoms with Crippen LogP contribution in [0.1, 0.15) is 64.6 Å². The molecule has 29 heavy (non-hydrogen) atoms. The molecule has 0 aromatic carbocycles. The molecule has 0 spiro atoms. The summed E-state index contributed by atoms with van der Waals surface area (Å²) in [4.78, 5) is 20.8. The van der Waals surface area contributed by atoms with E-state index < -0.39 is 5.60 Å². The summed E-state index contributed by atoms with van der Waals surface area (Å²) >= 11 is 0. The second kappa shape index (κ2) is 9.50. The van der Waals surface area contributed by atoms with E-state index in [0.717, 1.165) is 31.0 Å². The summed E-state index contributed by atoms with van der Waals surface area (Å²) in [5.41, 5.74) is 1.83. The van der Waals surface area contributed by atoms with Crippen LogP contribution in [0.4, 0.5) is 4.79 Å². The number of aryl methyl sites for hydroxylation is 1. The summed E-state index contributed by atoms with van der Waals surface area (Å²) in [6, 6.07) is 0.301. The number of guanidine groups is 1. The van der Waals surface area contributed by atoms with Crippen molar-refractivity contribution >= 4 is 12.1 Å². The van der Waals surface area contributed by atoms with Crippen LogP contribution in [0.15, 0.2) is 11.2 Å². The van der Waals surface area contributed by atoms with Crippen LogP contribution in [-0.4, -0.2) is 70.5 Å². The first kappa shape index (κ1) is 23.0. The number of hydrogen-bond donors (Lipinski definition) is 1. The number of nitrogens with zero attached hydrogens (tertiary/aromatic N) is 5. The van der Waals surface area contributed by atoms with Crippen LogP contribution in [0.5, 0.6) is 0 Å². The van der Waals surface area contributed by atoms with Gasteiger partial charge in [-0.1, -0.05) is 13.8 Å². The molecule has 8 heteroatoms. The van der Waals surface area contributed by atoms with Gasteiger partial charge in [-0.05, 0) is 39.5 Å². The van der Waals surface area contributed by atoms with Crippen LogP contribution in [0, 0.1) is 0 Å². The molecule has 1 aromatic rings. The average Bonchev–Trinajstić information content (AvgIpc) is 3.35. The third-order valence-corrected chi connectivity index (χ3v) is 4.72. The van der Waals surface area contributed by atoms with E-state index in [4.69, 9.17) is 4.74 Å². The fourth-order valence-electron chi connectivity index (χ4n) is 3.30. The number of nitrogens with one attached hydrogen (secondary N) is 1. The largest absolute Gasteiger partial charge is 0.444 e. The average molecular weight is 407 g/mol. The summed E-state index contributed by atoms with van der Waals surface area (Å²) in [6.07, 6.45) is 3.93. The van der Waals surface area contributed by atoms with Gasteiger partial charge in [-0.25, -0.2) is 4.79 Å². The van der Waals surface area contributed by atoms with Crippen LogP contribution in [0.25, 0.3) is 0 Å². The van der Waals surface area contributed by atoms with Crippen LogP contribution in [0.3, 0.4) is 0 Å². The lowest BCUT2D eigenvalue weighted by atomic mass is 10.1. The van der Waals surface area contributed by atoms with Gasteiger partial charge in [-0.2, -0.15) is 5.10 Å². The second-order valence-corrected chi connectivity index (χ2v) is 9.10. The molecule has 0 aliphatic heterocycles. The van der Waals surface area contributed by atoms with E-state index in [1.54, 1.807) is 7.05 Å². The van der Waals surface area contributed by atoms with Crippen LogP contribution < -0.4 is 5.32 Å². The third kappa shape index (κ3) is 6.94. The highest BCUT2D eigenvalue weighted by atomic mass is 16.6. The predicted molar refractivity (Wildman–Crippen MR) is 116 cm³/mol. The van der Waals surface area contributed by atoms with Crippen molar-refractivity contribution in [2.45, 2.75) is 71.6 Å². The molecule has 1 aliphatic rings. The number of carbonyl (C=O) groups is 1. The van der Waals surface area contributed by atoms with Crippen molar-refractivity contribution in [1.29, 1.82) is 0 Å². The summed E-state index contributed by atoms with van der Waals surface area (Å²) < 4.78 is 7.42. The normalized spacial score (nSPS) is 14.9. The Hall–Kier alpha value is -2.25. The summed E-state index contributed by atoms with van der Waals surface area (Å²) in [5, 5.41) is 7.96. The maximum Gasteiger partial charge on any atom is 0.410 e. The Labute approximate surface area is 175 Å². The monoisotopic (exact) mass is 406 g/mol. The lowest BCUT2D eigenvalue weighted by Crippen LogP contribution is -2.45. The zero-order valence-electron chi connectivity index (χ0n) is 19.3. The minimum absolute atomic E-state index is 0.234. The molecular formula is C21H38N6O2. The third-order valence-electron chi connectivity index (χ3n) is 4.72. The van der Waals surface area contributed by atoms with Crippen molar-refractivity contribution in [3.8, 4) is 0 Å². The minimum Gasteiger partial charge on any atom is -0.444 e. The Balaban J connectivity index is 1.91. The molecular weight excluding hydrogens is 368 g/mol. The molecule has 1 N–H and O–H groups in total. The van der Waals surface area contributed by atoms with Crippen molar-refractivity contribution < 1.29 is 9.53 Å². The molecule has 8 nitrogen and oxygen atoms in total. The van der Waals surface area contributed by atoms with Crippen LogP contribution in [0.2, 0.25) is 0 Å². The number of aliphatic imine (C=N–C) groups is 1. The van der Waals surface area contributed by atoms with Gasteiger partial charge >= 0.3 is 6.09 Å². The van der Waals surface area contributed by atoms with E-state index in [0.29, 0.717) is 25.0 Å². The van der Waals surface area contributed by atoms with Crippen LogP contribution in [-0.2, 0) is 18.3 Å². The van der Waals surface area contributed by atoms with Gasteiger partial charge in [0.05, 0.1) is 5.69 Å². The van der Waals surface area contributed by atoms with E-state index in [2.05, 4.69) is 40.4 Å².